The second-order valence-electron chi connectivity index (χ2n) is 6.24. The number of furan rings is 1. The average Bonchev–Trinajstić information content (AvgIpc) is 3.29. The van der Waals surface area contributed by atoms with Gasteiger partial charge in [-0.25, -0.2) is 10.2 Å². The lowest BCUT2D eigenvalue weighted by atomic mass is 10.2. The number of hydrogen-bond acceptors (Lipinski definition) is 7. The van der Waals surface area contributed by atoms with Crippen LogP contribution in [0.5, 0.6) is 11.5 Å². The molecule has 1 aromatic heterocycles. The van der Waals surface area contributed by atoms with E-state index in [0.717, 1.165) is 11.3 Å². The molecule has 3 rings (SSSR count). The van der Waals surface area contributed by atoms with Crippen molar-refractivity contribution in [1.29, 1.82) is 0 Å². The number of esters is 1. The van der Waals surface area contributed by atoms with Gasteiger partial charge < -0.3 is 19.2 Å². The van der Waals surface area contributed by atoms with Crippen LogP contribution in [0.2, 0.25) is 0 Å². The van der Waals surface area contributed by atoms with Crippen molar-refractivity contribution < 1.29 is 23.5 Å². The van der Waals surface area contributed by atoms with E-state index in [1.165, 1.54) is 25.7 Å². The summed E-state index contributed by atoms with van der Waals surface area (Å²) in [6, 6.07) is 15.7. The largest absolute Gasteiger partial charge is 0.493 e. The molecule has 154 valence electrons. The van der Waals surface area contributed by atoms with Crippen LogP contribution in [-0.2, 0) is 4.79 Å². The smallest absolute Gasteiger partial charge is 0.379 e. The van der Waals surface area contributed by atoms with Gasteiger partial charge in [-0.3, -0.25) is 4.79 Å². The Morgan fingerprint density at radius 3 is 2.67 bits per heavy atom. The van der Waals surface area contributed by atoms with E-state index >= 15 is 0 Å². The molecule has 0 fully saturated rings. The van der Waals surface area contributed by atoms with Crippen LogP contribution in [-0.4, -0.2) is 31.7 Å². The van der Waals surface area contributed by atoms with Crippen LogP contribution >= 0.6 is 0 Å². The van der Waals surface area contributed by atoms with Crippen LogP contribution in [0.25, 0.3) is 0 Å². The normalized spacial score (nSPS) is 10.6. The van der Waals surface area contributed by atoms with Crippen LogP contribution < -0.4 is 20.2 Å². The third-order valence-electron chi connectivity index (χ3n) is 4.10. The first-order chi connectivity index (χ1) is 14.6. The Balaban J connectivity index is 1.55. The van der Waals surface area contributed by atoms with Crippen molar-refractivity contribution >= 4 is 23.8 Å². The number of amides is 1. The number of hydrazone groups is 1. The molecule has 0 aliphatic rings. The van der Waals surface area contributed by atoms with Crippen molar-refractivity contribution in [3.63, 3.8) is 0 Å². The van der Waals surface area contributed by atoms with Crippen LogP contribution in [0.3, 0.4) is 0 Å². The Morgan fingerprint density at radius 1 is 1.10 bits per heavy atom. The minimum Gasteiger partial charge on any atom is -0.493 e. The Labute approximate surface area is 173 Å². The van der Waals surface area contributed by atoms with E-state index in [0.29, 0.717) is 11.3 Å². The van der Waals surface area contributed by atoms with Crippen molar-refractivity contribution in [3.05, 3.63) is 77.7 Å². The first kappa shape index (κ1) is 20.7. The maximum atomic E-state index is 12.0. The Kier molecular flexibility index (Phi) is 6.83. The standard InChI is InChI=1S/C22H21N3O5/c1-15-6-3-4-7-17(15)23-14-21(26)25-24-13-16-9-10-18(20(12-16)28-2)30-22(27)19-8-5-11-29-19/h3-13,23H,14H2,1-2H3,(H,25,26)/b24-13-. The summed E-state index contributed by atoms with van der Waals surface area (Å²) in [5.41, 5.74) is 5.04. The molecule has 2 aromatic carbocycles. The van der Waals surface area contributed by atoms with Gasteiger partial charge in [0.05, 0.1) is 26.1 Å². The van der Waals surface area contributed by atoms with E-state index in [-0.39, 0.29) is 24.0 Å². The molecule has 0 saturated carbocycles. The van der Waals surface area contributed by atoms with Crippen molar-refractivity contribution in [3.8, 4) is 11.5 Å². The summed E-state index contributed by atoms with van der Waals surface area (Å²) in [5, 5.41) is 6.99. The lowest BCUT2D eigenvalue weighted by Crippen LogP contribution is -2.26. The molecule has 1 amide bonds. The fourth-order valence-corrected chi connectivity index (χ4v) is 2.56. The maximum Gasteiger partial charge on any atom is 0.379 e. The third-order valence-corrected chi connectivity index (χ3v) is 4.10. The molecule has 0 aliphatic heterocycles. The van der Waals surface area contributed by atoms with Gasteiger partial charge >= 0.3 is 5.97 Å². The topological polar surface area (TPSA) is 102 Å². The summed E-state index contributed by atoms with van der Waals surface area (Å²) in [7, 11) is 1.46. The summed E-state index contributed by atoms with van der Waals surface area (Å²) < 4.78 is 15.6. The fraction of sp³-hybridized carbons (Fsp3) is 0.136. The van der Waals surface area contributed by atoms with Crippen LogP contribution in [0, 0.1) is 6.92 Å². The van der Waals surface area contributed by atoms with E-state index in [1.54, 1.807) is 24.3 Å². The van der Waals surface area contributed by atoms with Gasteiger partial charge in [-0.15, -0.1) is 0 Å². The lowest BCUT2D eigenvalue weighted by Gasteiger charge is -2.09. The maximum absolute atomic E-state index is 12.0. The molecule has 0 spiro atoms. The van der Waals surface area contributed by atoms with Crippen molar-refractivity contribution in [2.24, 2.45) is 5.10 Å². The zero-order valence-corrected chi connectivity index (χ0v) is 16.5. The van der Waals surface area contributed by atoms with Crippen LogP contribution in [0.15, 0.2) is 70.4 Å². The minimum absolute atomic E-state index is 0.0877. The molecule has 2 N–H and O–H groups in total. The highest BCUT2D eigenvalue weighted by Crippen LogP contribution is 2.28. The zero-order chi connectivity index (χ0) is 21.3. The van der Waals surface area contributed by atoms with Gasteiger partial charge in [-0.1, -0.05) is 18.2 Å². The van der Waals surface area contributed by atoms with Crippen molar-refractivity contribution in [2.75, 3.05) is 19.0 Å². The number of anilines is 1. The lowest BCUT2D eigenvalue weighted by molar-refractivity contribution is -0.119. The fourth-order valence-electron chi connectivity index (χ4n) is 2.56. The van der Waals surface area contributed by atoms with Gasteiger partial charge in [0, 0.05) is 5.69 Å². The number of nitrogens with zero attached hydrogens (tertiary/aromatic N) is 1. The number of para-hydroxylation sites is 1. The summed E-state index contributed by atoms with van der Waals surface area (Å²) in [6.07, 6.45) is 2.85. The highest BCUT2D eigenvalue weighted by atomic mass is 16.6. The molecule has 0 unspecified atom stereocenters. The molecule has 8 nitrogen and oxygen atoms in total. The molecule has 0 saturated heterocycles. The van der Waals surface area contributed by atoms with Gasteiger partial charge in [0.15, 0.2) is 11.5 Å². The van der Waals surface area contributed by atoms with E-state index in [4.69, 9.17) is 13.9 Å². The number of nitrogens with one attached hydrogen (secondary N) is 2. The molecular weight excluding hydrogens is 386 g/mol. The third kappa shape index (κ3) is 5.48. The molecular formula is C22H21N3O5. The average molecular weight is 407 g/mol. The molecule has 0 aliphatic carbocycles. The van der Waals surface area contributed by atoms with Gasteiger partial charge in [0.25, 0.3) is 5.91 Å². The number of ether oxygens (including phenoxy) is 2. The predicted molar refractivity (Wildman–Crippen MR) is 112 cm³/mol. The van der Waals surface area contributed by atoms with Crippen molar-refractivity contribution in [2.45, 2.75) is 6.92 Å². The number of benzene rings is 2. The summed E-state index contributed by atoms with van der Waals surface area (Å²) >= 11 is 0. The van der Waals surface area contributed by atoms with Gasteiger partial charge in [-0.2, -0.15) is 5.10 Å². The first-order valence-electron chi connectivity index (χ1n) is 9.12. The molecule has 0 atom stereocenters. The van der Waals surface area contributed by atoms with E-state index in [1.807, 2.05) is 31.2 Å². The summed E-state index contributed by atoms with van der Waals surface area (Å²) in [5.74, 6) is -0.253. The van der Waals surface area contributed by atoms with Crippen LogP contribution in [0.4, 0.5) is 5.69 Å². The van der Waals surface area contributed by atoms with Crippen LogP contribution in [0.1, 0.15) is 21.7 Å². The van der Waals surface area contributed by atoms with Gasteiger partial charge in [0.2, 0.25) is 5.76 Å². The Bertz CT molecular complexity index is 1040. The first-order valence-corrected chi connectivity index (χ1v) is 9.12. The number of methoxy groups -OCH3 is 1. The van der Waals surface area contributed by atoms with Crippen molar-refractivity contribution in [1.82, 2.24) is 5.43 Å². The zero-order valence-electron chi connectivity index (χ0n) is 16.5. The molecule has 1 heterocycles. The number of aryl methyl sites for hydroxylation is 1. The van der Waals surface area contributed by atoms with E-state index in [9.17, 15) is 9.59 Å². The highest BCUT2D eigenvalue weighted by Gasteiger charge is 2.14. The predicted octanol–water partition coefficient (Wildman–Crippen LogP) is 3.38. The number of carbonyl (C=O) groups excluding carboxylic acids is 2. The van der Waals surface area contributed by atoms with E-state index in [2.05, 4.69) is 15.8 Å². The second-order valence-corrected chi connectivity index (χ2v) is 6.24. The number of rotatable bonds is 8. The Hall–Kier alpha value is -4.07. The SMILES string of the molecule is COc1cc(/C=N\NC(=O)CNc2ccccc2C)ccc1OC(=O)c1ccco1. The van der Waals surface area contributed by atoms with Gasteiger partial charge in [0.1, 0.15) is 0 Å². The second kappa shape index (κ2) is 9.92. The molecule has 0 bridgehead atoms. The molecule has 3 aromatic rings. The molecule has 30 heavy (non-hydrogen) atoms. The number of hydrogen-bond donors (Lipinski definition) is 2. The summed E-state index contributed by atoms with van der Waals surface area (Å²) in [6.45, 7) is 2.05. The minimum atomic E-state index is -0.631. The highest BCUT2D eigenvalue weighted by molar-refractivity contribution is 5.89. The quantitative estimate of drug-likeness (QED) is 0.257. The van der Waals surface area contributed by atoms with E-state index < -0.39 is 5.97 Å². The molecule has 0 radical (unpaired) electrons. The summed E-state index contributed by atoms with van der Waals surface area (Å²) in [4.78, 5) is 24.0. The van der Waals surface area contributed by atoms with Gasteiger partial charge in [-0.05, 0) is 54.4 Å². The Morgan fingerprint density at radius 2 is 1.93 bits per heavy atom. The number of carbonyl (C=O) groups is 2. The monoisotopic (exact) mass is 407 g/mol. The molecule has 8 heteroatoms.